The van der Waals surface area contributed by atoms with Gasteiger partial charge in [0.05, 0.1) is 0 Å². The van der Waals surface area contributed by atoms with Crippen molar-refractivity contribution >= 4 is 33.2 Å². The summed E-state index contributed by atoms with van der Waals surface area (Å²) in [4.78, 5) is 4.37. The minimum Gasteiger partial charge on any atom is -0.399 e. The van der Waals surface area contributed by atoms with Crippen LogP contribution in [-0.2, 0) is 0 Å². The zero-order valence-corrected chi connectivity index (χ0v) is 12.5. The molecule has 3 aromatic rings. The fourth-order valence-corrected chi connectivity index (χ4v) is 2.43. The average Bonchev–Trinajstić information content (AvgIpc) is 2.88. The third-order valence-corrected chi connectivity index (χ3v) is 3.41. The normalized spacial score (nSPS) is 10.7. The number of benzene rings is 2. The van der Waals surface area contributed by atoms with Gasteiger partial charge in [-0.25, -0.2) is 0 Å². The maximum Gasteiger partial charge on any atom is 0.258 e. The van der Waals surface area contributed by atoms with Gasteiger partial charge < -0.3 is 10.3 Å². The highest BCUT2D eigenvalue weighted by atomic mass is 79.9. The lowest BCUT2D eigenvalue weighted by Gasteiger charge is -1.98. The van der Waals surface area contributed by atoms with Gasteiger partial charge in [0.1, 0.15) is 0 Å². The van der Waals surface area contributed by atoms with Gasteiger partial charge in [0, 0.05) is 26.3 Å². The molecule has 100 valence electrons. The minimum atomic E-state index is 0.419. The van der Waals surface area contributed by atoms with Gasteiger partial charge in [-0.1, -0.05) is 32.7 Å². The molecule has 0 unspecified atom stereocenters. The lowest BCUT2D eigenvalue weighted by atomic mass is 10.2. The number of hydrogen-bond donors (Lipinski definition) is 1. The number of anilines is 1. The number of nitrogens with two attached hydrogens (primary N) is 1. The first kappa shape index (κ1) is 13.1. The highest BCUT2D eigenvalue weighted by molar-refractivity contribution is 9.10. The Bertz CT molecular complexity index is 735. The molecule has 0 atom stereocenters. The Hall–Kier alpha value is -1.85. The van der Waals surface area contributed by atoms with Crippen molar-refractivity contribution in [1.82, 2.24) is 10.1 Å². The molecule has 0 fully saturated rings. The summed E-state index contributed by atoms with van der Waals surface area (Å²) in [7, 11) is 0. The quantitative estimate of drug-likeness (QED) is 0.696. The summed E-state index contributed by atoms with van der Waals surface area (Å²) < 4.78 is 6.13. The van der Waals surface area contributed by atoms with Gasteiger partial charge in [0.25, 0.3) is 5.89 Å². The first-order chi connectivity index (χ1) is 9.61. The fourth-order valence-electron chi connectivity index (χ4n) is 1.79. The average molecular weight is 351 g/mol. The summed E-state index contributed by atoms with van der Waals surface area (Å²) in [6.07, 6.45) is 0. The van der Waals surface area contributed by atoms with Crippen LogP contribution in [-0.4, -0.2) is 10.1 Å². The standard InChI is InChI=1S/C14H9BrClN3O/c15-10-5-9(6-12(17)7-10)14-18-13(19-20-14)8-1-3-11(16)4-2-8/h1-7H,17H2. The van der Waals surface area contributed by atoms with E-state index in [-0.39, 0.29) is 0 Å². The summed E-state index contributed by atoms with van der Waals surface area (Å²) >= 11 is 9.24. The molecule has 0 bridgehead atoms. The molecule has 1 aromatic heterocycles. The Morgan fingerprint density at radius 2 is 1.80 bits per heavy atom. The molecule has 0 amide bonds. The van der Waals surface area contributed by atoms with E-state index in [1.165, 1.54) is 0 Å². The topological polar surface area (TPSA) is 64.9 Å². The van der Waals surface area contributed by atoms with E-state index in [1.807, 2.05) is 18.2 Å². The van der Waals surface area contributed by atoms with Crippen LogP contribution in [0.3, 0.4) is 0 Å². The first-order valence-corrected chi connectivity index (χ1v) is 6.95. The van der Waals surface area contributed by atoms with E-state index < -0.39 is 0 Å². The molecule has 3 rings (SSSR count). The molecule has 0 aliphatic heterocycles. The van der Waals surface area contributed by atoms with E-state index in [0.29, 0.717) is 22.4 Å². The molecule has 0 aliphatic rings. The zero-order valence-electron chi connectivity index (χ0n) is 10.2. The van der Waals surface area contributed by atoms with Gasteiger partial charge in [-0.15, -0.1) is 0 Å². The van der Waals surface area contributed by atoms with E-state index >= 15 is 0 Å². The van der Waals surface area contributed by atoms with Crippen LogP contribution < -0.4 is 5.73 Å². The van der Waals surface area contributed by atoms with Gasteiger partial charge in [-0.05, 0) is 42.5 Å². The van der Waals surface area contributed by atoms with Crippen molar-refractivity contribution in [3.05, 3.63) is 52.0 Å². The van der Waals surface area contributed by atoms with Crippen molar-refractivity contribution in [2.75, 3.05) is 5.73 Å². The van der Waals surface area contributed by atoms with Crippen molar-refractivity contribution in [3.8, 4) is 22.8 Å². The maximum atomic E-state index is 5.85. The zero-order chi connectivity index (χ0) is 14.1. The van der Waals surface area contributed by atoms with E-state index in [9.17, 15) is 0 Å². The van der Waals surface area contributed by atoms with Crippen LogP contribution in [0.25, 0.3) is 22.8 Å². The Morgan fingerprint density at radius 1 is 1.05 bits per heavy atom. The van der Waals surface area contributed by atoms with Gasteiger partial charge in [0.15, 0.2) is 0 Å². The first-order valence-electron chi connectivity index (χ1n) is 5.78. The van der Waals surface area contributed by atoms with Crippen LogP contribution in [0.5, 0.6) is 0 Å². The molecular formula is C14H9BrClN3O. The highest BCUT2D eigenvalue weighted by Gasteiger charge is 2.11. The lowest BCUT2D eigenvalue weighted by Crippen LogP contribution is -1.86. The lowest BCUT2D eigenvalue weighted by molar-refractivity contribution is 0.432. The van der Waals surface area contributed by atoms with Crippen LogP contribution in [0.4, 0.5) is 5.69 Å². The van der Waals surface area contributed by atoms with Crippen LogP contribution in [0, 0.1) is 0 Å². The summed E-state index contributed by atoms with van der Waals surface area (Å²) in [5.41, 5.74) is 8.03. The Labute approximate surface area is 128 Å². The van der Waals surface area contributed by atoms with Crippen LogP contribution in [0.15, 0.2) is 51.5 Å². The van der Waals surface area contributed by atoms with E-state index in [1.54, 1.807) is 24.3 Å². The Morgan fingerprint density at radius 3 is 2.50 bits per heavy atom. The second-order valence-corrected chi connectivity index (χ2v) is 5.56. The number of aromatic nitrogens is 2. The molecule has 20 heavy (non-hydrogen) atoms. The van der Waals surface area contributed by atoms with Crippen molar-refractivity contribution in [2.45, 2.75) is 0 Å². The minimum absolute atomic E-state index is 0.419. The SMILES string of the molecule is Nc1cc(Br)cc(-c2nc(-c3ccc(Cl)cc3)no2)c1. The fraction of sp³-hybridized carbons (Fsp3) is 0. The molecule has 1 heterocycles. The van der Waals surface area contributed by atoms with Crippen LogP contribution >= 0.6 is 27.5 Å². The third kappa shape index (κ3) is 2.69. The van der Waals surface area contributed by atoms with E-state index in [2.05, 4.69) is 26.1 Å². The maximum absolute atomic E-state index is 5.85. The largest absolute Gasteiger partial charge is 0.399 e. The monoisotopic (exact) mass is 349 g/mol. The highest BCUT2D eigenvalue weighted by Crippen LogP contribution is 2.27. The molecule has 2 aromatic carbocycles. The number of nitrogens with zero attached hydrogens (tertiary/aromatic N) is 2. The van der Waals surface area contributed by atoms with Crippen molar-refractivity contribution in [3.63, 3.8) is 0 Å². The van der Waals surface area contributed by atoms with Gasteiger partial charge in [0.2, 0.25) is 5.82 Å². The summed E-state index contributed by atoms with van der Waals surface area (Å²) in [5.74, 6) is 0.929. The van der Waals surface area contributed by atoms with Crippen molar-refractivity contribution in [1.29, 1.82) is 0 Å². The smallest absolute Gasteiger partial charge is 0.258 e. The summed E-state index contributed by atoms with van der Waals surface area (Å²) in [5, 5.41) is 4.63. The number of nitrogen functional groups attached to an aromatic ring is 1. The van der Waals surface area contributed by atoms with Gasteiger partial charge in [-0.3, -0.25) is 0 Å². The summed E-state index contributed by atoms with van der Waals surface area (Å²) in [6, 6.07) is 12.7. The molecule has 0 saturated heterocycles. The van der Waals surface area contributed by atoms with Gasteiger partial charge in [-0.2, -0.15) is 4.98 Å². The number of hydrogen-bond acceptors (Lipinski definition) is 4. The second-order valence-electron chi connectivity index (χ2n) is 4.20. The van der Waals surface area contributed by atoms with Crippen molar-refractivity contribution in [2.24, 2.45) is 0 Å². The molecular weight excluding hydrogens is 342 g/mol. The molecule has 2 N–H and O–H groups in total. The number of rotatable bonds is 2. The van der Waals surface area contributed by atoms with Gasteiger partial charge >= 0.3 is 0 Å². The summed E-state index contributed by atoms with van der Waals surface area (Å²) in [6.45, 7) is 0. The van der Waals surface area contributed by atoms with E-state index in [0.717, 1.165) is 15.6 Å². The Balaban J connectivity index is 1.99. The molecule has 0 spiro atoms. The predicted octanol–water partition coefficient (Wildman–Crippen LogP) is 4.40. The molecule has 0 saturated carbocycles. The third-order valence-electron chi connectivity index (χ3n) is 2.70. The second kappa shape index (κ2) is 5.26. The van der Waals surface area contributed by atoms with Crippen LogP contribution in [0.2, 0.25) is 5.02 Å². The molecule has 0 aliphatic carbocycles. The van der Waals surface area contributed by atoms with E-state index in [4.69, 9.17) is 21.9 Å². The molecule has 0 radical (unpaired) electrons. The van der Waals surface area contributed by atoms with Crippen molar-refractivity contribution < 1.29 is 4.52 Å². The predicted molar refractivity (Wildman–Crippen MR) is 82.3 cm³/mol. The Kier molecular flexibility index (Phi) is 3.46. The molecule has 4 nitrogen and oxygen atoms in total. The molecule has 6 heteroatoms. The number of halogens is 2. The van der Waals surface area contributed by atoms with Crippen LogP contribution in [0.1, 0.15) is 0 Å².